The average Bonchev–Trinajstić information content (AvgIpc) is 2.53. The quantitative estimate of drug-likeness (QED) is 0.869. The predicted octanol–water partition coefficient (Wildman–Crippen LogP) is 2.53. The van der Waals surface area contributed by atoms with Gasteiger partial charge in [-0.3, -0.25) is 4.79 Å². The van der Waals surface area contributed by atoms with Gasteiger partial charge in [-0.05, 0) is 62.9 Å². The Balaban J connectivity index is 1.84. The molecule has 1 atom stereocenters. The van der Waals surface area contributed by atoms with Crippen molar-refractivity contribution in [3.63, 3.8) is 0 Å². The van der Waals surface area contributed by atoms with E-state index in [4.69, 9.17) is 4.74 Å². The van der Waals surface area contributed by atoms with E-state index < -0.39 is 6.10 Å². The molecule has 1 unspecified atom stereocenters. The van der Waals surface area contributed by atoms with Crippen LogP contribution in [0.2, 0.25) is 0 Å². The number of nitrogens with one attached hydrogen (secondary N) is 1. The van der Waals surface area contributed by atoms with Crippen LogP contribution in [0.25, 0.3) is 0 Å². The molecule has 118 valence electrons. The lowest BCUT2D eigenvalue weighted by atomic mass is 9.90. The molecule has 22 heavy (non-hydrogen) atoms. The first kappa shape index (κ1) is 15.1. The largest absolute Gasteiger partial charge is 0.479 e. The monoisotopic (exact) mass is 300 g/mol. The number of amides is 1. The van der Waals surface area contributed by atoms with E-state index in [0.717, 1.165) is 36.9 Å². The van der Waals surface area contributed by atoms with Crippen molar-refractivity contribution in [3.8, 4) is 5.75 Å². The first-order chi connectivity index (χ1) is 10.7. The van der Waals surface area contributed by atoms with E-state index in [1.165, 1.54) is 18.4 Å². The van der Waals surface area contributed by atoms with Crippen LogP contribution in [-0.4, -0.2) is 31.6 Å². The first-order valence-corrected chi connectivity index (χ1v) is 8.11. The van der Waals surface area contributed by atoms with Crippen LogP contribution in [0.15, 0.2) is 30.9 Å². The fourth-order valence-electron chi connectivity index (χ4n) is 3.32. The number of rotatable bonds is 4. The summed E-state index contributed by atoms with van der Waals surface area (Å²) in [6.07, 6.45) is 4.85. The molecule has 2 heterocycles. The van der Waals surface area contributed by atoms with Crippen LogP contribution in [0.5, 0.6) is 5.75 Å². The topological polar surface area (TPSA) is 41.6 Å². The maximum absolute atomic E-state index is 12.3. The van der Waals surface area contributed by atoms with E-state index in [-0.39, 0.29) is 5.91 Å². The molecule has 0 spiro atoms. The fourth-order valence-corrected chi connectivity index (χ4v) is 3.32. The van der Waals surface area contributed by atoms with E-state index >= 15 is 0 Å². The molecule has 0 aliphatic carbocycles. The highest BCUT2D eigenvalue weighted by atomic mass is 16.5. The molecule has 2 aliphatic heterocycles. The molecule has 0 saturated carbocycles. The summed E-state index contributed by atoms with van der Waals surface area (Å²) in [7, 11) is 0. The van der Waals surface area contributed by atoms with Crippen LogP contribution in [0.1, 0.15) is 25.3 Å². The highest BCUT2D eigenvalue weighted by Gasteiger charge is 2.31. The number of ether oxygens (including phenoxy) is 1. The van der Waals surface area contributed by atoms with Gasteiger partial charge in [-0.25, -0.2) is 0 Å². The summed E-state index contributed by atoms with van der Waals surface area (Å²) >= 11 is 0. The number of hydrogen-bond donors (Lipinski definition) is 1. The van der Waals surface area contributed by atoms with Crippen LogP contribution in [0.3, 0.4) is 0 Å². The summed E-state index contributed by atoms with van der Waals surface area (Å²) in [5, 5.41) is 3.40. The van der Waals surface area contributed by atoms with Gasteiger partial charge in [0.15, 0.2) is 6.10 Å². The third-order valence-electron chi connectivity index (χ3n) is 4.53. The van der Waals surface area contributed by atoms with Crippen LogP contribution < -0.4 is 15.0 Å². The molecule has 1 N–H and O–H groups in total. The highest BCUT2D eigenvalue weighted by Crippen LogP contribution is 2.35. The molecule has 0 bridgehead atoms. The molecule has 4 nitrogen and oxygen atoms in total. The van der Waals surface area contributed by atoms with Gasteiger partial charge >= 0.3 is 0 Å². The van der Waals surface area contributed by atoms with Crippen LogP contribution in [0, 0.1) is 5.92 Å². The summed E-state index contributed by atoms with van der Waals surface area (Å²) in [6.45, 7) is 8.30. The zero-order chi connectivity index (χ0) is 15.5. The lowest BCUT2D eigenvalue weighted by Crippen LogP contribution is -2.44. The number of hydrogen-bond acceptors (Lipinski definition) is 3. The third-order valence-corrected chi connectivity index (χ3v) is 4.53. The Hall–Kier alpha value is -1.81. The van der Waals surface area contributed by atoms with E-state index in [9.17, 15) is 4.79 Å². The van der Waals surface area contributed by atoms with Gasteiger partial charge in [-0.2, -0.15) is 0 Å². The first-order valence-electron chi connectivity index (χ1n) is 8.11. The van der Waals surface area contributed by atoms with Crippen LogP contribution >= 0.6 is 0 Å². The molecule has 1 fully saturated rings. The summed E-state index contributed by atoms with van der Waals surface area (Å²) in [4.78, 5) is 14.1. The van der Waals surface area contributed by atoms with Crippen molar-refractivity contribution in [2.75, 3.05) is 24.5 Å². The lowest BCUT2D eigenvalue weighted by molar-refractivity contribution is -0.125. The second-order valence-corrected chi connectivity index (χ2v) is 6.20. The van der Waals surface area contributed by atoms with Crippen molar-refractivity contribution < 1.29 is 9.53 Å². The van der Waals surface area contributed by atoms with Gasteiger partial charge in [0.05, 0.1) is 5.69 Å². The maximum atomic E-state index is 12.3. The van der Waals surface area contributed by atoms with Gasteiger partial charge in [0.25, 0.3) is 5.91 Å². The van der Waals surface area contributed by atoms with Crippen molar-refractivity contribution in [1.29, 1.82) is 0 Å². The summed E-state index contributed by atoms with van der Waals surface area (Å²) in [5.74, 6) is 1.53. The Morgan fingerprint density at radius 2 is 2.18 bits per heavy atom. The molecule has 0 aromatic heterocycles. The standard InChI is InChI=1S/C18H24N2O2/c1-3-10-20-16-12-15(11-14-6-8-19-9-7-14)4-5-17(16)22-13(2)18(20)21/h3-5,12-14,19H,1,6-11H2,2H3. The predicted molar refractivity (Wildman–Crippen MR) is 88.4 cm³/mol. The minimum absolute atomic E-state index is 0.00594. The van der Waals surface area contributed by atoms with E-state index in [1.807, 2.05) is 6.07 Å². The number of nitrogens with zero attached hydrogens (tertiary/aromatic N) is 1. The number of piperidine rings is 1. The molecule has 1 saturated heterocycles. The van der Waals surface area contributed by atoms with Gasteiger partial charge in [0, 0.05) is 6.54 Å². The van der Waals surface area contributed by atoms with Crippen molar-refractivity contribution in [3.05, 3.63) is 36.4 Å². The molecule has 0 radical (unpaired) electrons. The summed E-state index contributed by atoms with van der Waals surface area (Å²) in [5.41, 5.74) is 2.17. The Bertz CT molecular complexity index is 564. The Labute approximate surface area is 132 Å². The maximum Gasteiger partial charge on any atom is 0.268 e. The normalized spacial score (nSPS) is 22.1. The molecule has 1 aromatic rings. The minimum Gasteiger partial charge on any atom is -0.479 e. The van der Waals surface area contributed by atoms with Crippen LogP contribution in [-0.2, 0) is 11.2 Å². The molecule has 4 heteroatoms. The van der Waals surface area contributed by atoms with E-state index in [2.05, 4.69) is 24.0 Å². The highest BCUT2D eigenvalue weighted by molar-refractivity contribution is 6.00. The van der Waals surface area contributed by atoms with Gasteiger partial charge in [-0.15, -0.1) is 6.58 Å². The molecule has 1 amide bonds. The summed E-state index contributed by atoms with van der Waals surface area (Å²) < 4.78 is 5.73. The van der Waals surface area contributed by atoms with E-state index in [0.29, 0.717) is 6.54 Å². The smallest absolute Gasteiger partial charge is 0.268 e. The lowest BCUT2D eigenvalue weighted by Gasteiger charge is -2.33. The van der Waals surface area contributed by atoms with Gasteiger partial charge in [-0.1, -0.05) is 12.1 Å². The van der Waals surface area contributed by atoms with Crippen molar-refractivity contribution in [2.24, 2.45) is 5.92 Å². The third kappa shape index (κ3) is 3.02. The number of anilines is 1. The molecular formula is C18H24N2O2. The molecular weight excluding hydrogens is 276 g/mol. The molecule has 2 aliphatic rings. The minimum atomic E-state index is -0.428. The zero-order valence-electron chi connectivity index (χ0n) is 13.2. The second-order valence-electron chi connectivity index (χ2n) is 6.20. The molecule has 1 aromatic carbocycles. The van der Waals surface area contributed by atoms with Gasteiger partial charge in [0.2, 0.25) is 0 Å². The number of carbonyl (C=O) groups excluding carboxylic acids is 1. The SMILES string of the molecule is C=CCN1C(=O)C(C)Oc2ccc(CC3CCNCC3)cc21. The van der Waals surface area contributed by atoms with Crippen molar-refractivity contribution in [2.45, 2.75) is 32.3 Å². The van der Waals surface area contributed by atoms with Crippen molar-refractivity contribution in [1.82, 2.24) is 5.32 Å². The average molecular weight is 300 g/mol. The number of carbonyl (C=O) groups is 1. The van der Waals surface area contributed by atoms with E-state index in [1.54, 1.807) is 17.9 Å². The Kier molecular flexibility index (Phi) is 4.48. The second kappa shape index (κ2) is 6.53. The van der Waals surface area contributed by atoms with Crippen molar-refractivity contribution >= 4 is 11.6 Å². The number of fused-ring (bicyclic) bond motifs is 1. The summed E-state index contributed by atoms with van der Waals surface area (Å²) in [6, 6.07) is 6.25. The van der Waals surface area contributed by atoms with Crippen LogP contribution in [0.4, 0.5) is 5.69 Å². The number of benzene rings is 1. The van der Waals surface area contributed by atoms with Gasteiger partial charge in [0.1, 0.15) is 5.75 Å². The molecule has 3 rings (SSSR count). The fraction of sp³-hybridized carbons (Fsp3) is 0.500. The Morgan fingerprint density at radius 1 is 1.41 bits per heavy atom. The van der Waals surface area contributed by atoms with Gasteiger partial charge < -0.3 is 15.0 Å². The Morgan fingerprint density at radius 3 is 2.91 bits per heavy atom. The zero-order valence-corrected chi connectivity index (χ0v) is 13.2.